The Morgan fingerprint density at radius 2 is 1.85 bits per heavy atom. The molecule has 170 valence electrons. The summed E-state index contributed by atoms with van der Waals surface area (Å²) in [4.78, 5) is 39.4. The maximum Gasteiger partial charge on any atom is 0.331 e. The third-order valence-electron chi connectivity index (χ3n) is 6.70. The summed E-state index contributed by atoms with van der Waals surface area (Å²) in [5, 5.41) is 9.62. The normalized spacial score (nSPS) is 14.2. The number of carbonyl (C=O) groups excluding carboxylic acids is 1. The van der Waals surface area contributed by atoms with E-state index >= 15 is 0 Å². The van der Waals surface area contributed by atoms with Crippen molar-refractivity contribution in [3.05, 3.63) is 91.0 Å². The van der Waals surface area contributed by atoms with Gasteiger partial charge in [-0.2, -0.15) is 5.26 Å². The molecule has 3 aromatic rings. The first-order valence-corrected chi connectivity index (χ1v) is 11.4. The van der Waals surface area contributed by atoms with E-state index in [0.29, 0.717) is 24.2 Å². The predicted molar refractivity (Wildman–Crippen MR) is 126 cm³/mol. The third kappa shape index (κ3) is 3.97. The summed E-state index contributed by atoms with van der Waals surface area (Å²) in [6.07, 6.45) is 3.11. The first-order valence-electron chi connectivity index (χ1n) is 11.4. The number of hydrogen-bond donors (Lipinski definition) is 0. The van der Waals surface area contributed by atoms with Crippen LogP contribution >= 0.6 is 0 Å². The molecule has 0 fully saturated rings. The van der Waals surface area contributed by atoms with E-state index in [4.69, 9.17) is 0 Å². The zero-order chi connectivity index (χ0) is 23.7. The largest absolute Gasteiger partial charge is 0.341 e. The predicted octanol–water partition coefficient (Wildman–Crippen LogP) is 3.52. The topological polar surface area (TPSA) is 89.8 Å². The lowest BCUT2D eigenvalue weighted by Gasteiger charge is -2.19. The lowest BCUT2D eigenvalue weighted by atomic mass is 10.1. The molecule has 7 nitrogen and oxygen atoms in total. The van der Waals surface area contributed by atoms with Gasteiger partial charge in [0.2, 0.25) is 0 Å². The van der Waals surface area contributed by atoms with Crippen LogP contribution in [0.15, 0.2) is 46.0 Å². The second-order valence-electron chi connectivity index (χ2n) is 8.73. The molecule has 0 bridgehead atoms. The van der Waals surface area contributed by atoms with Gasteiger partial charge in [0.15, 0.2) is 5.78 Å². The van der Waals surface area contributed by atoms with E-state index in [-0.39, 0.29) is 23.9 Å². The van der Waals surface area contributed by atoms with Crippen LogP contribution in [-0.2, 0) is 19.5 Å². The van der Waals surface area contributed by atoms with Gasteiger partial charge < -0.3 is 4.57 Å². The summed E-state index contributed by atoms with van der Waals surface area (Å²) < 4.78 is 4.54. The van der Waals surface area contributed by atoms with Gasteiger partial charge in [-0.3, -0.25) is 18.7 Å². The maximum absolute atomic E-state index is 13.3. The minimum Gasteiger partial charge on any atom is -0.341 e. The zero-order valence-corrected chi connectivity index (χ0v) is 19.3. The molecule has 2 aromatic heterocycles. The van der Waals surface area contributed by atoms with Gasteiger partial charge in [0.25, 0.3) is 5.56 Å². The van der Waals surface area contributed by atoms with Crippen LogP contribution in [0.5, 0.6) is 0 Å². The van der Waals surface area contributed by atoms with Gasteiger partial charge in [-0.15, -0.1) is 0 Å². The van der Waals surface area contributed by atoms with E-state index in [1.165, 1.54) is 4.57 Å². The van der Waals surface area contributed by atoms with E-state index in [1.807, 2.05) is 56.3 Å². The highest BCUT2D eigenvalue weighted by Gasteiger charge is 2.24. The van der Waals surface area contributed by atoms with E-state index < -0.39 is 11.2 Å². The van der Waals surface area contributed by atoms with Gasteiger partial charge in [-0.1, -0.05) is 36.8 Å². The van der Waals surface area contributed by atoms with Crippen LogP contribution in [0, 0.1) is 25.2 Å². The molecule has 0 radical (unpaired) electrons. The minimum atomic E-state index is -0.671. The Kier molecular flexibility index (Phi) is 6.19. The minimum absolute atomic E-state index is 0.0209. The molecule has 0 saturated carbocycles. The van der Waals surface area contributed by atoms with E-state index in [0.717, 1.165) is 40.8 Å². The summed E-state index contributed by atoms with van der Waals surface area (Å²) >= 11 is 0. The van der Waals surface area contributed by atoms with Crippen molar-refractivity contribution < 1.29 is 4.79 Å². The highest BCUT2D eigenvalue weighted by molar-refractivity contribution is 5.97. The van der Waals surface area contributed by atoms with Crippen molar-refractivity contribution in [1.29, 1.82) is 5.26 Å². The van der Waals surface area contributed by atoms with Crippen molar-refractivity contribution in [3.63, 3.8) is 0 Å². The Labute approximate surface area is 192 Å². The number of fused-ring (bicyclic) bond motifs is 1. The molecule has 1 atom stereocenters. The Morgan fingerprint density at radius 1 is 1.12 bits per heavy atom. The Balaban J connectivity index is 1.73. The highest BCUT2D eigenvalue weighted by atomic mass is 16.2. The quantitative estimate of drug-likeness (QED) is 0.563. The summed E-state index contributed by atoms with van der Waals surface area (Å²) in [6.45, 7) is 5.98. The molecular formula is C26H28N4O3. The van der Waals surface area contributed by atoms with E-state index in [1.54, 1.807) is 0 Å². The smallest absolute Gasteiger partial charge is 0.331 e. The fraction of sp³-hybridized carbons (Fsp3) is 0.385. The van der Waals surface area contributed by atoms with Crippen LogP contribution in [0.3, 0.4) is 0 Å². The number of hydrogen-bond acceptors (Lipinski definition) is 4. The second kappa shape index (κ2) is 9.07. The number of benzene rings is 1. The maximum atomic E-state index is 13.3. The van der Waals surface area contributed by atoms with Gasteiger partial charge in [-0.05, 0) is 51.7 Å². The Morgan fingerprint density at radius 3 is 2.55 bits per heavy atom. The standard InChI is InChI=1S/C26H28N4O3/c1-17-14-21(19(3)30(17)18(2)20-10-6-4-7-11-20)24(31)16-29-25(32)22(15-27)23-12-8-5-9-13-28(23)26(29)33/h4,6-7,10-11,14,18H,5,8-9,12-13,16H2,1-3H3/t18-/m1/s1. The summed E-state index contributed by atoms with van der Waals surface area (Å²) in [5.41, 5.74) is 2.63. The second-order valence-corrected chi connectivity index (χ2v) is 8.73. The number of nitriles is 1. The molecule has 0 saturated heterocycles. The summed E-state index contributed by atoms with van der Waals surface area (Å²) in [6, 6.07) is 13.8. The molecule has 7 heteroatoms. The van der Waals surface area contributed by atoms with Gasteiger partial charge in [0.05, 0.1) is 12.6 Å². The summed E-state index contributed by atoms with van der Waals surface area (Å²) in [7, 11) is 0. The van der Waals surface area contributed by atoms with Crippen LogP contribution in [-0.4, -0.2) is 19.5 Å². The number of aromatic nitrogens is 3. The van der Waals surface area contributed by atoms with Crippen molar-refractivity contribution in [1.82, 2.24) is 13.7 Å². The molecule has 0 spiro atoms. The first kappa shape index (κ1) is 22.5. The van der Waals surface area contributed by atoms with Crippen molar-refractivity contribution in [2.45, 2.75) is 65.6 Å². The lowest BCUT2D eigenvalue weighted by molar-refractivity contribution is 0.0967. The fourth-order valence-corrected chi connectivity index (χ4v) is 4.99. The van der Waals surface area contributed by atoms with Crippen molar-refractivity contribution in [3.8, 4) is 6.07 Å². The summed E-state index contributed by atoms with van der Waals surface area (Å²) in [5.74, 6) is -0.313. The van der Waals surface area contributed by atoms with Gasteiger partial charge in [-0.25, -0.2) is 4.79 Å². The SMILES string of the molecule is Cc1cc(C(=O)Cn2c(=O)c(C#N)c3n(c2=O)CCCCC3)c(C)n1[C@H](C)c1ccccc1. The molecule has 0 N–H and O–H groups in total. The van der Waals surface area contributed by atoms with Gasteiger partial charge >= 0.3 is 5.69 Å². The van der Waals surface area contributed by atoms with Crippen LogP contribution in [0.4, 0.5) is 0 Å². The van der Waals surface area contributed by atoms with Crippen LogP contribution in [0.2, 0.25) is 0 Å². The molecular weight excluding hydrogens is 416 g/mol. The van der Waals surface area contributed by atoms with Gasteiger partial charge in [0, 0.05) is 29.2 Å². The number of carbonyl (C=O) groups is 1. The molecule has 1 aliphatic heterocycles. The molecule has 33 heavy (non-hydrogen) atoms. The zero-order valence-electron chi connectivity index (χ0n) is 19.3. The number of aryl methyl sites for hydroxylation is 1. The van der Waals surface area contributed by atoms with Crippen LogP contribution in [0.1, 0.15) is 70.8 Å². The first-order chi connectivity index (χ1) is 15.8. The fourth-order valence-electron chi connectivity index (χ4n) is 4.99. The molecule has 1 aliphatic rings. The van der Waals surface area contributed by atoms with E-state index in [2.05, 4.69) is 11.5 Å². The average Bonchev–Trinajstić information content (AvgIpc) is 2.96. The van der Waals surface area contributed by atoms with Gasteiger partial charge in [0.1, 0.15) is 11.6 Å². The van der Waals surface area contributed by atoms with E-state index in [9.17, 15) is 19.6 Å². The highest BCUT2D eigenvalue weighted by Crippen LogP contribution is 2.26. The van der Waals surface area contributed by atoms with Crippen molar-refractivity contribution in [2.24, 2.45) is 0 Å². The van der Waals surface area contributed by atoms with Crippen LogP contribution in [0.25, 0.3) is 0 Å². The average molecular weight is 445 g/mol. The molecule has 0 amide bonds. The Bertz CT molecular complexity index is 1370. The number of nitrogens with zero attached hydrogens (tertiary/aromatic N) is 4. The molecule has 0 aliphatic carbocycles. The number of ketones is 1. The molecule has 0 unspecified atom stereocenters. The molecule has 4 rings (SSSR count). The lowest BCUT2D eigenvalue weighted by Crippen LogP contribution is -2.44. The third-order valence-corrected chi connectivity index (χ3v) is 6.70. The monoisotopic (exact) mass is 444 g/mol. The van der Waals surface area contributed by atoms with Crippen molar-refractivity contribution >= 4 is 5.78 Å². The molecule has 1 aromatic carbocycles. The van der Waals surface area contributed by atoms with Crippen molar-refractivity contribution in [2.75, 3.05) is 0 Å². The molecule has 3 heterocycles. The Hall–Kier alpha value is -3.66. The number of Topliss-reactive ketones (excluding diaryl/α,β-unsaturated/α-hetero) is 1. The van der Waals surface area contributed by atoms with Crippen LogP contribution < -0.4 is 11.2 Å². The number of rotatable bonds is 5.